The van der Waals surface area contributed by atoms with Crippen molar-refractivity contribution in [2.45, 2.75) is 6.61 Å². The molecule has 0 spiro atoms. The molecule has 0 aliphatic heterocycles. The maximum absolute atomic E-state index is 10.7. The Labute approximate surface area is 125 Å². The lowest BCUT2D eigenvalue weighted by Gasteiger charge is -2.06. The second-order valence-electron chi connectivity index (χ2n) is 4.39. The molecular weight excluding hydrogens is 288 g/mol. The van der Waals surface area contributed by atoms with E-state index in [1.54, 1.807) is 0 Å². The van der Waals surface area contributed by atoms with Crippen molar-refractivity contribution in [1.82, 2.24) is 4.37 Å². The molecule has 3 rings (SSSR count). The summed E-state index contributed by atoms with van der Waals surface area (Å²) in [5.41, 5.74) is 1.09. The van der Waals surface area contributed by atoms with Crippen LogP contribution in [-0.4, -0.2) is 15.6 Å². The predicted molar refractivity (Wildman–Crippen MR) is 82.0 cm³/mol. The fraction of sp³-hybridized carbons (Fsp3) is 0.0667. The summed E-state index contributed by atoms with van der Waals surface area (Å²) < 4.78 is 10.7. The average Bonchev–Trinajstić information content (AvgIpc) is 2.88. The molecule has 0 aliphatic rings. The largest absolute Gasteiger partial charge is 0.489 e. The molecule has 0 saturated heterocycles. The van der Waals surface area contributed by atoms with Gasteiger partial charge in [0.05, 0.1) is 4.70 Å². The molecule has 0 radical (unpaired) electrons. The Morgan fingerprint density at radius 3 is 2.81 bits per heavy atom. The monoisotopic (exact) mass is 300 g/mol. The van der Waals surface area contributed by atoms with E-state index in [2.05, 4.69) is 9.69 Å². The molecule has 0 bridgehead atoms. The van der Waals surface area contributed by atoms with E-state index >= 15 is 0 Å². The van der Waals surface area contributed by atoms with Crippen LogP contribution in [0.15, 0.2) is 48.5 Å². The van der Waals surface area contributed by atoms with Gasteiger partial charge in [-0.1, -0.05) is 30.3 Å². The first-order valence-corrected chi connectivity index (χ1v) is 7.06. The zero-order chi connectivity index (χ0) is 14.7. The van der Waals surface area contributed by atoms with E-state index < -0.39 is 6.09 Å². The number of carboxylic acid groups (broad SMARTS) is 1. The first-order valence-electron chi connectivity index (χ1n) is 6.28. The Morgan fingerprint density at radius 1 is 1.24 bits per heavy atom. The van der Waals surface area contributed by atoms with Gasteiger partial charge in [0.1, 0.15) is 12.4 Å². The minimum absolute atomic E-state index is 0.358. The van der Waals surface area contributed by atoms with Crippen LogP contribution in [0.3, 0.4) is 0 Å². The molecule has 0 saturated carbocycles. The zero-order valence-electron chi connectivity index (χ0n) is 10.9. The van der Waals surface area contributed by atoms with Crippen molar-refractivity contribution in [2.24, 2.45) is 0 Å². The lowest BCUT2D eigenvalue weighted by atomic mass is 10.2. The minimum Gasteiger partial charge on any atom is -0.489 e. The number of hydrogen-bond acceptors (Lipinski definition) is 4. The van der Waals surface area contributed by atoms with Crippen LogP contribution in [0.2, 0.25) is 0 Å². The summed E-state index contributed by atoms with van der Waals surface area (Å²) in [6.07, 6.45) is -1.12. The van der Waals surface area contributed by atoms with Gasteiger partial charge in [0, 0.05) is 5.39 Å². The van der Waals surface area contributed by atoms with Crippen molar-refractivity contribution >= 4 is 33.5 Å². The third-order valence-corrected chi connectivity index (χ3v) is 3.73. The van der Waals surface area contributed by atoms with Gasteiger partial charge < -0.3 is 9.84 Å². The van der Waals surface area contributed by atoms with Gasteiger partial charge in [-0.05, 0) is 35.3 Å². The normalized spacial score (nSPS) is 10.5. The smallest absolute Gasteiger partial charge is 0.410 e. The molecule has 1 heterocycles. The number of nitrogens with one attached hydrogen (secondary N) is 1. The van der Waals surface area contributed by atoms with Gasteiger partial charge in [0.15, 0.2) is 5.82 Å². The summed E-state index contributed by atoms with van der Waals surface area (Å²) in [5.74, 6) is 1.09. The number of amides is 1. The van der Waals surface area contributed by atoms with E-state index in [1.807, 2.05) is 48.5 Å². The number of rotatable bonds is 4. The average molecular weight is 300 g/mol. The van der Waals surface area contributed by atoms with Crippen LogP contribution in [0.5, 0.6) is 5.75 Å². The van der Waals surface area contributed by atoms with E-state index in [4.69, 9.17) is 9.84 Å². The highest BCUT2D eigenvalue weighted by Crippen LogP contribution is 2.30. The van der Waals surface area contributed by atoms with Crippen molar-refractivity contribution in [3.63, 3.8) is 0 Å². The number of benzene rings is 2. The second-order valence-corrected chi connectivity index (χ2v) is 5.20. The molecule has 1 aromatic heterocycles. The lowest BCUT2D eigenvalue weighted by Crippen LogP contribution is -2.07. The highest BCUT2D eigenvalue weighted by molar-refractivity contribution is 7.13. The van der Waals surface area contributed by atoms with Crippen LogP contribution in [0, 0.1) is 0 Å². The molecule has 0 atom stereocenters. The van der Waals surface area contributed by atoms with E-state index in [0.717, 1.165) is 21.4 Å². The fourth-order valence-corrected chi connectivity index (χ4v) is 2.71. The molecule has 3 aromatic rings. The van der Waals surface area contributed by atoms with Crippen LogP contribution >= 0.6 is 11.5 Å². The van der Waals surface area contributed by atoms with Gasteiger partial charge in [-0.3, -0.25) is 5.32 Å². The first-order chi connectivity index (χ1) is 10.2. The van der Waals surface area contributed by atoms with Gasteiger partial charge in [0.25, 0.3) is 0 Å². The van der Waals surface area contributed by atoms with Crippen LogP contribution in [0.1, 0.15) is 5.56 Å². The Hall–Kier alpha value is -2.60. The van der Waals surface area contributed by atoms with Gasteiger partial charge in [-0.25, -0.2) is 4.79 Å². The highest BCUT2D eigenvalue weighted by Gasteiger charge is 2.09. The molecule has 106 valence electrons. The number of nitrogens with zero attached hydrogens (tertiary/aromatic N) is 1. The summed E-state index contributed by atoms with van der Waals surface area (Å²) in [6, 6.07) is 15.4. The SMILES string of the molecule is O=C(O)Nc1nsc2cc(OCc3ccccc3)ccc12. The van der Waals surface area contributed by atoms with Gasteiger partial charge >= 0.3 is 6.09 Å². The van der Waals surface area contributed by atoms with E-state index in [1.165, 1.54) is 11.5 Å². The molecule has 5 nitrogen and oxygen atoms in total. The lowest BCUT2D eigenvalue weighted by molar-refractivity contribution is 0.209. The number of carbonyl (C=O) groups is 1. The van der Waals surface area contributed by atoms with Gasteiger partial charge in [0.2, 0.25) is 0 Å². The number of aromatic nitrogens is 1. The van der Waals surface area contributed by atoms with Crippen LogP contribution in [-0.2, 0) is 6.61 Å². The topological polar surface area (TPSA) is 71.5 Å². The first kappa shape index (κ1) is 13.4. The summed E-state index contributed by atoms with van der Waals surface area (Å²) in [7, 11) is 0. The molecule has 0 fully saturated rings. The van der Waals surface area contributed by atoms with Crippen molar-refractivity contribution in [2.75, 3.05) is 5.32 Å². The van der Waals surface area contributed by atoms with Crippen molar-refractivity contribution in [3.05, 3.63) is 54.1 Å². The van der Waals surface area contributed by atoms with Gasteiger partial charge in [-0.15, -0.1) is 0 Å². The number of ether oxygens (including phenoxy) is 1. The maximum Gasteiger partial charge on any atom is 0.410 e. The molecule has 6 heteroatoms. The molecule has 2 N–H and O–H groups in total. The number of anilines is 1. The van der Waals surface area contributed by atoms with Crippen molar-refractivity contribution < 1.29 is 14.6 Å². The third kappa shape index (κ3) is 3.11. The van der Waals surface area contributed by atoms with Gasteiger partial charge in [-0.2, -0.15) is 4.37 Å². The van der Waals surface area contributed by atoms with Crippen molar-refractivity contribution in [3.8, 4) is 5.75 Å². The summed E-state index contributed by atoms with van der Waals surface area (Å²) in [5, 5.41) is 11.8. The fourth-order valence-electron chi connectivity index (χ4n) is 1.94. The number of hydrogen-bond donors (Lipinski definition) is 2. The Bertz CT molecular complexity index is 771. The Balaban J connectivity index is 1.77. The molecule has 21 heavy (non-hydrogen) atoms. The van der Waals surface area contributed by atoms with Crippen molar-refractivity contribution in [1.29, 1.82) is 0 Å². The van der Waals surface area contributed by atoms with E-state index in [-0.39, 0.29) is 0 Å². The quantitative estimate of drug-likeness (QED) is 0.765. The highest BCUT2D eigenvalue weighted by atomic mass is 32.1. The Kier molecular flexibility index (Phi) is 3.70. The molecular formula is C15H12N2O3S. The predicted octanol–water partition coefficient (Wildman–Crippen LogP) is 3.97. The molecule has 2 aromatic carbocycles. The standard InChI is InChI=1S/C15H12N2O3S/c18-15(19)16-14-12-7-6-11(8-13(12)21-17-14)20-9-10-4-2-1-3-5-10/h1-8H,9H2,(H,16,17)(H,18,19). The number of fused-ring (bicyclic) bond motifs is 1. The molecule has 0 aliphatic carbocycles. The maximum atomic E-state index is 10.7. The van der Waals surface area contributed by atoms with Crippen LogP contribution < -0.4 is 10.1 Å². The van der Waals surface area contributed by atoms with Crippen LogP contribution in [0.4, 0.5) is 10.6 Å². The zero-order valence-corrected chi connectivity index (χ0v) is 11.8. The minimum atomic E-state index is -1.12. The summed E-state index contributed by atoms with van der Waals surface area (Å²) in [4.78, 5) is 10.7. The third-order valence-electron chi connectivity index (χ3n) is 2.92. The summed E-state index contributed by atoms with van der Waals surface area (Å²) >= 11 is 1.24. The molecule has 1 amide bonds. The van der Waals surface area contributed by atoms with E-state index in [0.29, 0.717) is 12.4 Å². The Morgan fingerprint density at radius 2 is 2.05 bits per heavy atom. The second kappa shape index (κ2) is 5.80. The van der Waals surface area contributed by atoms with Crippen LogP contribution in [0.25, 0.3) is 10.1 Å². The summed E-state index contributed by atoms with van der Waals surface area (Å²) in [6.45, 7) is 0.491. The molecule has 0 unspecified atom stereocenters. The van der Waals surface area contributed by atoms with E-state index in [9.17, 15) is 4.79 Å².